The van der Waals surface area contributed by atoms with Gasteiger partial charge in [0.15, 0.2) is 0 Å². The molecule has 1 N–H and O–H groups in total. The van der Waals surface area contributed by atoms with Gasteiger partial charge in [0.1, 0.15) is 0 Å². The lowest BCUT2D eigenvalue weighted by Gasteiger charge is -2.38. The van der Waals surface area contributed by atoms with Crippen molar-refractivity contribution < 1.29 is 13.2 Å². The van der Waals surface area contributed by atoms with Crippen LogP contribution in [0, 0.1) is 11.8 Å². The maximum atomic E-state index is 12.3. The predicted molar refractivity (Wildman–Crippen MR) is 81.4 cm³/mol. The molecule has 2 nitrogen and oxygen atoms in total. The van der Waals surface area contributed by atoms with Crippen LogP contribution in [0.1, 0.15) is 52.4 Å². The summed E-state index contributed by atoms with van der Waals surface area (Å²) in [5.41, 5.74) is 0. The number of rotatable bonds is 8. The van der Waals surface area contributed by atoms with Crippen molar-refractivity contribution in [1.29, 1.82) is 0 Å². The van der Waals surface area contributed by atoms with Gasteiger partial charge in [-0.2, -0.15) is 13.2 Å². The molecule has 1 rings (SSSR count). The number of hydrogen-bond donors (Lipinski definition) is 1. The molecule has 0 amide bonds. The molecule has 1 aliphatic carbocycles. The third-order valence-electron chi connectivity index (χ3n) is 4.58. The van der Waals surface area contributed by atoms with Crippen LogP contribution in [-0.4, -0.2) is 43.8 Å². The Labute approximate surface area is 127 Å². The zero-order valence-electron chi connectivity index (χ0n) is 13.7. The largest absolute Gasteiger partial charge is 0.390 e. The van der Waals surface area contributed by atoms with Crippen LogP contribution < -0.4 is 5.32 Å². The van der Waals surface area contributed by atoms with Gasteiger partial charge in [-0.15, -0.1) is 0 Å². The van der Waals surface area contributed by atoms with Crippen LogP contribution in [0.3, 0.4) is 0 Å². The zero-order valence-corrected chi connectivity index (χ0v) is 13.7. The Morgan fingerprint density at radius 1 is 1.19 bits per heavy atom. The molecule has 1 fully saturated rings. The first-order valence-corrected chi connectivity index (χ1v) is 8.34. The normalized spacial score (nSPS) is 27.3. The average Bonchev–Trinajstić information content (AvgIpc) is 2.39. The fourth-order valence-corrected chi connectivity index (χ4v) is 3.57. The van der Waals surface area contributed by atoms with Crippen LogP contribution in [0.25, 0.3) is 0 Å². The Morgan fingerprint density at radius 2 is 1.90 bits per heavy atom. The Kier molecular flexibility index (Phi) is 8.03. The minimum Gasteiger partial charge on any atom is -0.314 e. The van der Waals surface area contributed by atoms with E-state index in [1.165, 1.54) is 19.3 Å². The second-order valence-electron chi connectivity index (χ2n) is 6.52. The van der Waals surface area contributed by atoms with Crippen LogP contribution in [0.2, 0.25) is 0 Å². The lowest BCUT2D eigenvalue weighted by atomic mass is 9.76. The van der Waals surface area contributed by atoms with Gasteiger partial charge in [0.25, 0.3) is 0 Å². The third kappa shape index (κ3) is 7.50. The van der Waals surface area contributed by atoms with E-state index in [2.05, 4.69) is 19.2 Å². The molecule has 1 aliphatic rings. The van der Waals surface area contributed by atoms with E-state index in [-0.39, 0.29) is 6.54 Å². The summed E-state index contributed by atoms with van der Waals surface area (Å²) in [5.74, 6) is 1.24. The van der Waals surface area contributed by atoms with Crippen LogP contribution >= 0.6 is 0 Å². The highest BCUT2D eigenvalue weighted by atomic mass is 19.4. The molecule has 0 aliphatic heterocycles. The van der Waals surface area contributed by atoms with Crippen molar-refractivity contribution in [1.82, 2.24) is 10.2 Å². The highest BCUT2D eigenvalue weighted by Crippen LogP contribution is 2.33. The van der Waals surface area contributed by atoms with Gasteiger partial charge >= 0.3 is 6.18 Å². The number of alkyl halides is 3. The quantitative estimate of drug-likeness (QED) is 0.727. The standard InChI is InChI=1S/C16H31F3N2/c1-4-6-13-7-8-15(20-5-2)14(11-13)12-21(3)10-9-16(17,18)19/h13-15,20H,4-12H2,1-3H3. The van der Waals surface area contributed by atoms with E-state index in [9.17, 15) is 13.2 Å². The van der Waals surface area contributed by atoms with Gasteiger partial charge in [0.05, 0.1) is 6.42 Å². The first-order valence-electron chi connectivity index (χ1n) is 8.34. The lowest BCUT2D eigenvalue weighted by Crippen LogP contribution is -2.45. The monoisotopic (exact) mass is 308 g/mol. The molecule has 5 heteroatoms. The van der Waals surface area contributed by atoms with E-state index in [1.807, 2.05) is 11.9 Å². The molecule has 0 aromatic rings. The van der Waals surface area contributed by atoms with Gasteiger partial charge < -0.3 is 10.2 Å². The van der Waals surface area contributed by atoms with E-state index in [0.29, 0.717) is 12.0 Å². The van der Waals surface area contributed by atoms with Gasteiger partial charge in [0.2, 0.25) is 0 Å². The van der Waals surface area contributed by atoms with Crippen molar-refractivity contribution >= 4 is 0 Å². The van der Waals surface area contributed by atoms with Crippen molar-refractivity contribution in [2.45, 2.75) is 64.6 Å². The minimum atomic E-state index is -4.05. The highest BCUT2D eigenvalue weighted by Gasteiger charge is 2.31. The van der Waals surface area contributed by atoms with Crippen molar-refractivity contribution in [3.05, 3.63) is 0 Å². The van der Waals surface area contributed by atoms with Crippen LogP contribution in [0.5, 0.6) is 0 Å². The van der Waals surface area contributed by atoms with Crippen molar-refractivity contribution in [3.63, 3.8) is 0 Å². The fraction of sp³-hybridized carbons (Fsp3) is 1.00. The van der Waals surface area contributed by atoms with Gasteiger partial charge in [-0.25, -0.2) is 0 Å². The molecule has 0 bridgehead atoms. The Bertz CT molecular complexity index is 281. The van der Waals surface area contributed by atoms with Gasteiger partial charge in [-0.1, -0.05) is 26.7 Å². The SMILES string of the molecule is CCCC1CCC(NCC)C(CN(C)CCC(F)(F)F)C1. The topological polar surface area (TPSA) is 15.3 Å². The van der Waals surface area contributed by atoms with Crippen LogP contribution in [0.15, 0.2) is 0 Å². The summed E-state index contributed by atoms with van der Waals surface area (Å²) in [6.45, 7) is 6.13. The lowest BCUT2D eigenvalue weighted by molar-refractivity contribution is -0.137. The average molecular weight is 308 g/mol. The van der Waals surface area contributed by atoms with Gasteiger partial charge in [-0.05, 0) is 44.7 Å². The molecule has 126 valence electrons. The first kappa shape index (κ1) is 18.8. The zero-order chi connectivity index (χ0) is 15.9. The molecule has 0 heterocycles. The molecule has 0 radical (unpaired) electrons. The maximum absolute atomic E-state index is 12.3. The molecule has 0 saturated heterocycles. The summed E-state index contributed by atoms with van der Waals surface area (Å²) in [4.78, 5) is 1.86. The second kappa shape index (κ2) is 8.99. The number of nitrogens with zero attached hydrogens (tertiary/aromatic N) is 1. The van der Waals surface area contributed by atoms with Gasteiger partial charge in [0, 0.05) is 19.1 Å². The highest BCUT2D eigenvalue weighted by molar-refractivity contribution is 4.86. The smallest absolute Gasteiger partial charge is 0.314 e. The molecular weight excluding hydrogens is 277 g/mol. The number of hydrogen-bond acceptors (Lipinski definition) is 2. The summed E-state index contributed by atoms with van der Waals surface area (Å²) in [5, 5.41) is 3.53. The Hall–Kier alpha value is -0.290. The first-order chi connectivity index (χ1) is 9.85. The summed E-state index contributed by atoms with van der Waals surface area (Å²) >= 11 is 0. The minimum absolute atomic E-state index is 0.108. The summed E-state index contributed by atoms with van der Waals surface area (Å²) in [7, 11) is 1.82. The molecule has 3 atom stereocenters. The molecule has 21 heavy (non-hydrogen) atoms. The summed E-state index contributed by atoms with van der Waals surface area (Å²) in [6.07, 6.45) is 1.27. The molecule has 0 aromatic heterocycles. The van der Waals surface area contributed by atoms with E-state index in [4.69, 9.17) is 0 Å². The summed E-state index contributed by atoms with van der Waals surface area (Å²) in [6, 6.07) is 0.469. The van der Waals surface area contributed by atoms with Crippen molar-refractivity contribution in [2.75, 3.05) is 26.7 Å². The van der Waals surface area contributed by atoms with E-state index in [1.54, 1.807) is 0 Å². The molecular formula is C16H31F3N2. The van der Waals surface area contributed by atoms with E-state index >= 15 is 0 Å². The Morgan fingerprint density at radius 3 is 2.48 bits per heavy atom. The number of nitrogens with one attached hydrogen (secondary N) is 1. The number of halogens is 3. The van der Waals surface area contributed by atoms with E-state index in [0.717, 1.165) is 31.8 Å². The molecule has 3 unspecified atom stereocenters. The predicted octanol–water partition coefficient (Wildman–Crippen LogP) is 4.07. The van der Waals surface area contributed by atoms with Crippen LogP contribution in [0.4, 0.5) is 13.2 Å². The molecule has 0 aromatic carbocycles. The van der Waals surface area contributed by atoms with Crippen molar-refractivity contribution in [3.8, 4) is 0 Å². The molecule has 1 saturated carbocycles. The van der Waals surface area contributed by atoms with Crippen molar-refractivity contribution in [2.24, 2.45) is 11.8 Å². The maximum Gasteiger partial charge on any atom is 0.390 e. The fourth-order valence-electron chi connectivity index (χ4n) is 3.57. The molecule has 0 spiro atoms. The second-order valence-corrected chi connectivity index (χ2v) is 6.52. The van der Waals surface area contributed by atoms with Crippen LogP contribution in [-0.2, 0) is 0 Å². The third-order valence-corrected chi connectivity index (χ3v) is 4.58. The Balaban J connectivity index is 2.48. The summed E-state index contributed by atoms with van der Waals surface area (Å²) < 4.78 is 36.9. The van der Waals surface area contributed by atoms with E-state index < -0.39 is 12.6 Å². The van der Waals surface area contributed by atoms with Gasteiger partial charge in [-0.3, -0.25) is 0 Å².